The van der Waals surface area contributed by atoms with Crippen molar-refractivity contribution in [3.8, 4) is 0 Å². The molecule has 16 heavy (non-hydrogen) atoms. The SMILES string of the molecule is CCCCCC(=O)N(CC)C1CCCCC1. The van der Waals surface area contributed by atoms with Crippen molar-refractivity contribution < 1.29 is 4.79 Å². The van der Waals surface area contributed by atoms with Crippen molar-refractivity contribution in [1.82, 2.24) is 4.90 Å². The van der Waals surface area contributed by atoms with E-state index in [4.69, 9.17) is 0 Å². The maximum Gasteiger partial charge on any atom is 0.222 e. The zero-order valence-corrected chi connectivity index (χ0v) is 11.0. The fraction of sp³-hybridized carbons (Fsp3) is 0.929. The van der Waals surface area contributed by atoms with Gasteiger partial charge in [0.25, 0.3) is 0 Å². The van der Waals surface area contributed by atoms with Crippen molar-refractivity contribution in [1.29, 1.82) is 0 Å². The Hall–Kier alpha value is -0.530. The number of carbonyl (C=O) groups is 1. The van der Waals surface area contributed by atoms with E-state index in [1.54, 1.807) is 0 Å². The number of rotatable bonds is 6. The van der Waals surface area contributed by atoms with Crippen LogP contribution in [0.4, 0.5) is 0 Å². The minimum absolute atomic E-state index is 0.392. The summed E-state index contributed by atoms with van der Waals surface area (Å²) in [5, 5.41) is 0. The minimum Gasteiger partial charge on any atom is -0.340 e. The van der Waals surface area contributed by atoms with Crippen LogP contribution in [0.5, 0.6) is 0 Å². The molecule has 2 heteroatoms. The second-order valence-corrected chi connectivity index (χ2v) is 4.93. The first-order valence-electron chi connectivity index (χ1n) is 7.09. The van der Waals surface area contributed by atoms with Gasteiger partial charge in [0, 0.05) is 19.0 Å². The van der Waals surface area contributed by atoms with Gasteiger partial charge in [0.15, 0.2) is 0 Å². The predicted molar refractivity (Wildman–Crippen MR) is 68.4 cm³/mol. The van der Waals surface area contributed by atoms with E-state index < -0.39 is 0 Å². The van der Waals surface area contributed by atoms with Gasteiger partial charge in [0.05, 0.1) is 0 Å². The summed E-state index contributed by atoms with van der Waals surface area (Å²) in [4.78, 5) is 14.2. The Bertz CT molecular complexity index is 197. The smallest absolute Gasteiger partial charge is 0.222 e. The highest BCUT2D eigenvalue weighted by molar-refractivity contribution is 5.76. The summed E-state index contributed by atoms with van der Waals surface area (Å²) in [7, 11) is 0. The van der Waals surface area contributed by atoms with Gasteiger partial charge in [-0.2, -0.15) is 0 Å². The third-order valence-electron chi connectivity index (χ3n) is 3.67. The molecular weight excluding hydrogens is 198 g/mol. The van der Waals surface area contributed by atoms with Crippen LogP contribution in [-0.4, -0.2) is 23.4 Å². The van der Waals surface area contributed by atoms with Crippen molar-refractivity contribution >= 4 is 5.91 Å². The molecule has 0 spiro atoms. The summed E-state index contributed by atoms with van der Waals surface area (Å²) in [6.45, 7) is 5.20. The molecular formula is C14H27NO. The Balaban J connectivity index is 2.35. The summed E-state index contributed by atoms with van der Waals surface area (Å²) in [5.41, 5.74) is 0. The van der Waals surface area contributed by atoms with E-state index in [0.29, 0.717) is 11.9 Å². The van der Waals surface area contributed by atoms with Crippen molar-refractivity contribution in [2.24, 2.45) is 0 Å². The molecule has 0 N–H and O–H groups in total. The molecule has 0 bridgehead atoms. The van der Waals surface area contributed by atoms with Gasteiger partial charge in [-0.25, -0.2) is 0 Å². The average molecular weight is 225 g/mol. The van der Waals surface area contributed by atoms with E-state index in [9.17, 15) is 4.79 Å². The average Bonchev–Trinajstić information content (AvgIpc) is 2.32. The van der Waals surface area contributed by atoms with Crippen LogP contribution in [0.3, 0.4) is 0 Å². The normalized spacial score (nSPS) is 17.4. The highest BCUT2D eigenvalue weighted by Gasteiger charge is 2.23. The number of unbranched alkanes of at least 4 members (excludes halogenated alkanes) is 2. The van der Waals surface area contributed by atoms with Crippen molar-refractivity contribution in [3.05, 3.63) is 0 Å². The molecule has 1 amide bonds. The molecule has 1 rings (SSSR count). The van der Waals surface area contributed by atoms with Gasteiger partial charge in [0.2, 0.25) is 5.91 Å². The highest BCUT2D eigenvalue weighted by Crippen LogP contribution is 2.23. The Labute approximate surface area is 100 Å². The zero-order valence-electron chi connectivity index (χ0n) is 11.0. The lowest BCUT2D eigenvalue weighted by molar-refractivity contribution is -0.134. The monoisotopic (exact) mass is 225 g/mol. The Morgan fingerprint density at radius 3 is 2.38 bits per heavy atom. The summed E-state index contributed by atoms with van der Waals surface area (Å²) in [5.74, 6) is 0.392. The van der Waals surface area contributed by atoms with Crippen molar-refractivity contribution in [2.45, 2.75) is 77.7 Å². The van der Waals surface area contributed by atoms with Crippen molar-refractivity contribution in [3.63, 3.8) is 0 Å². The maximum absolute atomic E-state index is 12.1. The van der Waals surface area contributed by atoms with E-state index in [-0.39, 0.29) is 0 Å². The number of nitrogens with zero attached hydrogens (tertiary/aromatic N) is 1. The standard InChI is InChI=1S/C14H27NO/c1-3-5-7-12-14(16)15(4-2)13-10-8-6-9-11-13/h13H,3-12H2,1-2H3. The molecule has 94 valence electrons. The molecule has 0 aliphatic heterocycles. The third-order valence-corrected chi connectivity index (χ3v) is 3.67. The summed E-state index contributed by atoms with van der Waals surface area (Å²) in [6.07, 6.45) is 10.7. The first-order valence-corrected chi connectivity index (χ1v) is 7.09. The first kappa shape index (κ1) is 13.5. The highest BCUT2D eigenvalue weighted by atomic mass is 16.2. The molecule has 0 saturated heterocycles. The number of hydrogen-bond donors (Lipinski definition) is 0. The molecule has 0 unspecified atom stereocenters. The minimum atomic E-state index is 0.392. The van der Waals surface area contributed by atoms with Gasteiger partial charge in [-0.15, -0.1) is 0 Å². The lowest BCUT2D eigenvalue weighted by Crippen LogP contribution is -2.41. The van der Waals surface area contributed by atoms with Gasteiger partial charge in [-0.05, 0) is 26.2 Å². The maximum atomic E-state index is 12.1. The quantitative estimate of drug-likeness (QED) is 0.630. The van der Waals surface area contributed by atoms with Crippen LogP contribution in [0.1, 0.15) is 71.6 Å². The molecule has 1 saturated carbocycles. The lowest BCUT2D eigenvalue weighted by Gasteiger charge is -2.33. The number of carbonyl (C=O) groups excluding carboxylic acids is 1. The van der Waals surface area contributed by atoms with E-state index in [1.165, 1.54) is 44.9 Å². The Morgan fingerprint density at radius 1 is 1.12 bits per heavy atom. The molecule has 0 aromatic carbocycles. The van der Waals surface area contributed by atoms with E-state index >= 15 is 0 Å². The topological polar surface area (TPSA) is 20.3 Å². The van der Waals surface area contributed by atoms with Gasteiger partial charge < -0.3 is 4.90 Å². The zero-order chi connectivity index (χ0) is 11.8. The molecule has 1 aliphatic carbocycles. The fourth-order valence-corrected chi connectivity index (χ4v) is 2.70. The van der Waals surface area contributed by atoms with Crippen LogP contribution in [0.25, 0.3) is 0 Å². The molecule has 0 heterocycles. The molecule has 1 fully saturated rings. The number of hydrogen-bond acceptors (Lipinski definition) is 1. The predicted octanol–water partition coefficient (Wildman–Crippen LogP) is 3.75. The van der Waals surface area contributed by atoms with E-state index in [2.05, 4.69) is 18.7 Å². The van der Waals surface area contributed by atoms with Crippen LogP contribution in [-0.2, 0) is 4.79 Å². The fourth-order valence-electron chi connectivity index (χ4n) is 2.70. The van der Waals surface area contributed by atoms with Crippen LogP contribution in [0, 0.1) is 0 Å². The van der Waals surface area contributed by atoms with Gasteiger partial charge >= 0.3 is 0 Å². The first-order chi connectivity index (χ1) is 7.79. The molecule has 0 atom stereocenters. The molecule has 0 aromatic rings. The summed E-state index contributed by atoms with van der Waals surface area (Å²) < 4.78 is 0. The van der Waals surface area contributed by atoms with Crippen LogP contribution in [0.2, 0.25) is 0 Å². The summed E-state index contributed by atoms with van der Waals surface area (Å²) >= 11 is 0. The van der Waals surface area contributed by atoms with Gasteiger partial charge in [-0.1, -0.05) is 39.0 Å². The lowest BCUT2D eigenvalue weighted by atomic mass is 9.94. The summed E-state index contributed by atoms with van der Waals surface area (Å²) in [6, 6.07) is 0.549. The van der Waals surface area contributed by atoms with E-state index in [0.717, 1.165) is 19.4 Å². The van der Waals surface area contributed by atoms with Crippen LogP contribution >= 0.6 is 0 Å². The van der Waals surface area contributed by atoms with E-state index in [1.807, 2.05) is 0 Å². The number of amides is 1. The van der Waals surface area contributed by atoms with Gasteiger partial charge in [-0.3, -0.25) is 4.79 Å². The largest absolute Gasteiger partial charge is 0.340 e. The third kappa shape index (κ3) is 4.15. The Morgan fingerprint density at radius 2 is 1.81 bits per heavy atom. The molecule has 1 aliphatic rings. The van der Waals surface area contributed by atoms with Crippen molar-refractivity contribution in [2.75, 3.05) is 6.54 Å². The molecule has 0 radical (unpaired) electrons. The molecule has 0 aromatic heterocycles. The van der Waals surface area contributed by atoms with Gasteiger partial charge in [0.1, 0.15) is 0 Å². The second kappa shape index (κ2) is 7.70. The molecule has 2 nitrogen and oxygen atoms in total. The Kier molecular flexibility index (Phi) is 6.51. The van der Waals surface area contributed by atoms with Crippen LogP contribution < -0.4 is 0 Å². The second-order valence-electron chi connectivity index (χ2n) is 4.93. The van der Waals surface area contributed by atoms with Crippen LogP contribution in [0.15, 0.2) is 0 Å².